The number of nitrogens with zero attached hydrogens (tertiary/aromatic N) is 2. The van der Waals surface area contributed by atoms with Gasteiger partial charge in [0.2, 0.25) is 11.8 Å². The number of anilines is 1. The first-order chi connectivity index (χ1) is 8.96. The quantitative estimate of drug-likeness (QED) is 0.888. The number of carboxylic acid groups (broad SMARTS) is 1. The second-order valence-electron chi connectivity index (χ2n) is 4.58. The number of aromatic nitrogens is 1. The van der Waals surface area contributed by atoms with Crippen LogP contribution in [0.3, 0.4) is 0 Å². The number of carbonyl (C=O) groups is 2. The molecule has 1 N–H and O–H groups in total. The zero-order valence-electron chi connectivity index (χ0n) is 11.1. The van der Waals surface area contributed by atoms with Crippen molar-refractivity contribution < 1.29 is 19.4 Å². The van der Waals surface area contributed by atoms with Crippen LogP contribution in [0.2, 0.25) is 0 Å². The van der Waals surface area contributed by atoms with Gasteiger partial charge in [0, 0.05) is 19.4 Å². The van der Waals surface area contributed by atoms with E-state index in [0.717, 1.165) is 5.56 Å². The van der Waals surface area contributed by atoms with Gasteiger partial charge in [0.15, 0.2) is 0 Å². The Morgan fingerprint density at radius 2 is 2.26 bits per heavy atom. The summed E-state index contributed by atoms with van der Waals surface area (Å²) < 4.78 is 5.04. The number of ether oxygens (including phenoxy) is 1. The molecule has 0 bridgehead atoms. The lowest BCUT2D eigenvalue weighted by molar-refractivity contribution is -0.144. The fourth-order valence-electron chi connectivity index (χ4n) is 2.62. The van der Waals surface area contributed by atoms with Gasteiger partial charge in [-0.3, -0.25) is 9.69 Å². The van der Waals surface area contributed by atoms with Crippen molar-refractivity contribution >= 4 is 17.6 Å². The maximum absolute atomic E-state index is 11.8. The second-order valence-corrected chi connectivity index (χ2v) is 4.58. The molecular formula is C13H16N2O4. The molecule has 0 saturated carbocycles. The zero-order chi connectivity index (χ0) is 14.2. The molecule has 0 aromatic carbocycles. The van der Waals surface area contributed by atoms with Gasteiger partial charge in [0.1, 0.15) is 5.54 Å². The SMILES string of the molecule is CCC1(C(=O)O)Cc2cc(OC)ncc2N1C(C)=O. The summed E-state index contributed by atoms with van der Waals surface area (Å²) in [5, 5.41) is 9.54. The average molecular weight is 264 g/mol. The summed E-state index contributed by atoms with van der Waals surface area (Å²) in [6.07, 6.45) is 2.10. The number of carboxylic acids is 1. The van der Waals surface area contributed by atoms with E-state index in [1.54, 1.807) is 13.0 Å². The summed E-state index contributed by atoms with van der Waals surface area (Å²) in [5.41, 5.74) is 0.103. The molecule has 1 amide bonds. The van der Waals surface area contributed by atoms with Crippen LogP contribution in [0.25, 0.3) is 0 Å². The van der Waals surface area contributed by atoms with E-state index in [1.807, 2.05) is 0 Å². The molecule has 0 spiro atoms. The highest BCUT2D eigenvalue weighted by Gasteiger charge is 2.50. The largest absolute Gasteiger partial charge is 0.481 e. The summed E-state index contributed by atoms with van der Waals surface area (Å²) in [5.74, 6) is -0.880. The normalized spacial score (nSPS) is 21.1. The van der Waals surface area contributed by atoms with Crippen LogP contribution in [0.5, 0.6) is 5.88 Å². The van der Waals surface area contributed by atoms with Gasteiger partial charge in [-0.2, -0.15) is 0 Å². The van der Waals surface area contributed by atoms with E-state index in [0.29, 0.717) is 18.0 Å². The number of aliphatic carboxylic acids is 1. The highest BCUT2D eigenvalue weighted by atomic mass is 16.5. The fraction of sp³-hybridized carbons (Fsp3) is 0.462. The zero-order valence-corrected chi connectivity index (χ0v) is 11.1. The Kier molecular flexibility index (Phi) is 3.18. The number of rotatable bonds is 3. The van der Waals surface area contributed by atoms with Crippen LogP contribution in [0.1, 0.15) is 25.8 Å². The molecule has 0 saturated heterocycles. The second kappa shape index (κ2) is 4.53. The highest BCUT2D eigenvalue weighted by Crippen LogP contribution is 2.41. The van der Waals surface area contributed by atoms with E-state index in [2.05, 4.69) is 4.98 Å². The minimum absolute atomic E-state index is 0.270. The Hall–Kier alpha value is -2.11. The lowest BCUT2D eigenvalue weighted by Crippen LogP contribution is -2.54. The summed E-state index contributed by atoms with van der Waals surface area (Å²) in [6.45, 7) is 3.13. The van der Waals surface area contributed by atoms with Crippen LogP contribution in [-0.2, 0) is 16.0 Å². The van der Waals surface area contributed by atoms with E-state index in [4.69, 9.17) is 4.74 Å². The maximum Gasteiger partial charge on any atom is 0.330 e. The topological polar surface area (TPSA) is 79.7 Å². The Bertz CT molecular complexity index is 543. The third-order valence-electron chi connectivity index (χ3n) is 3.60. The summed E-state index contributed by atoms with van der Waals surface area (Å²) >= 11 is 0. The van der Waals surface area contributed by atoms with Gasteiger partial charge < -0.3 is 9.84 Å². The first-order valence-corrected chi connectivity index (χ1v) is 6.03. The molecule has 2 heterocycles. The molecule has 6 heteroatoms. The number of hydrogen-bond acceptors (Lipinski definition) is 4. The van der Waals surface area contributed by atoms with Crippen molar-refractivity contribution in [1.82, 2.24) is 4.98 Å². The maximum atomic E-state index is 11.8. The number of pyridine rings is 1. The minimum Gasteiger partial charge on any atom is -0.481 e. The van der Waals surface area contributed by atoms with Gasteiger partial charge in [0.05, 0.1) is 19.0 Å². The van der Waals surface area contributed by atoms with Crippen molar-refractivity contribution in [3.8, 4) is 5.88 Å². The van der Waals surface area contributed by atoms with Gasteiger partial charge in [-0.1, -0.05) is 6.92 Å². The van der Waals surface area contributed by atoms with Crippen molar-refractivity contribution in [3.05, 3.63) is 17.8 Å². The predicted octanol–water partition coefficient (Wildman–Crippen LogP) is 1.23. The molecule has 1 aliphatic heterocycles. The monoisotopic (exact) mass is 264 g/mol. The van der Waals surface area contributed by atoms with Crippen LogP contribution in [-0.4, -0.2) is 34.6 Å². The molecule has 2 rings (SSSR count). The van der Waals surface area contributed by atoms with E-state index in [9.17, 15) is 14.7 Å². The van der Waals surface area contributed by atoms with Crippen LogP contribution in [0.4, 0.5) is 5.69 Å². The van der Waals surface area contributed by atoms with Gasteiger partial charge in [-0.25, -0.2) is 9.78 Å². The third-order valence-corrected chi connectivity index (χ3v) is 3.60. The highest BCUT2D eigenvalue weighted by molar-refractivity contribution is 6.03. The first-order valence-electron chi connectivity index (χ1n) is 6.03. The Balaban J connectivity index is 2.59. The lowest BCUT2D eigenvalue weighted by Gasteiger charge is -2.33. The van der Waals surface area contributed by atoms with Crippen molar-refractivity contribution in [2.45, 2.75) is 32.2 Å². The Labute approximate surface area is 111 Å². The molecule has 1 atom stereocenters. The number of carbonyl (C=O) groups excluding carboxylic acids is 1. The van der Waals surface area contributed by atoms with E-state index < -0.39 is 11.5 Å². The predicted molar refractivity (Wildman–Crippen MR) is 68.3 cm³/mol. The molecule has 1 aromatic heterocycles. The molecule has 1 aromatic rings. The Morgan fingerprint density at radius 1 is 1.58 bits per heavy atom. The summed E-state index contributed by atoms with van der Waals surface area (Å²) in [7, 11) is 1.50. The summed E-state index contributed by atoms with van der Waals surface area (Å²) in [4.78, 5) is 28.9. The smallest absolute Gasteiger partial charge is 0.330 e. The number of hydrogen-bond donors (Lipinski definition) is 1. The van der Waals surface area contributed by atoms with Gasteiger partial charge in [0.25, 0.3) is 0 Å². The molecule has 1 unspecified atom stereocenters. The first kappa shape index (κ1) is 13.3. The van der Waals surface area contributed by atoms with Gasteiger partial charge in [-0.05, 0) is 12.0 Å². The molecule has 6 nitrogen and oxygen atoms in total. The van der Waals surface area contributed by atoms with Crippen LogP contribution in [0, 0.1) is 0 Å². The van der Waals surface area contributed by atoms with Gasteiger partial charge in [-0.15, -0.1) is 0 Å². The minimum atomic E-state index is -1.22. The lowest BCUT2D eigenvalue weighted by atomic mass is 9.91. The van der Waals surface area contributed by atoms with Crippen LogP contribution < -0.4 is 9.64 Å². The van der Waals surface area contributed by atoms with Crippen molar-refractivity contribution in [2.75, 3.05) is 12.0 Å². The number of methoxy groups -OCH3 is 1. The molecule has 0 fully saturated rings. The summed E-state index contributed by atoms with van der Waals surface area (Å²) in [6, 6.07) is 1.69. The number of fused-ring (bicyclic) bond motifs is 1. The standard InChI is InChI=1S/C13H16N2O4/c1-4-13(12(17)18)6-9-5-11(19-3)14-7-10(9)15(13)8(2)16/h5,7H,4,6H2,1-3H3,(H,17,18). The molecule has 19 heavy (non-hydrogen) atoms. The average Bonchev–Trinajstić information content (AvgIpc) is 2.72. The molecule has 0 radical (unpaired) electrons. The number of amides is 1. The van der Waals surface area contributed by atoms with E-state index >= 15 is 0 Å². The van der Waals surface area contributed by atoms with Crippen LogP contribution >= 0.6 is 0 Å². The van der Waals surface area contributed by atoms with Crippen molar-refractivity contribution in [1.29, 1.82) is 0 Å². The Morgan fingerprint density at radius 3 is 2.74 bits per heavy atom. The molecular weight excluding hydrogens is 248 g/mol. The third kappa shape index (κ3) is 1.83. The molecule has 102 valence electrons. The van der Waals surface area contributed by atoms with E-state index in [1.165, 1.54) is 25.1 Å². The van der Waals surface area contributed by atoms with E-state index in [-0.39, 0.29) is 12.3 Å². The van der Waals surface area contributed by atoms with Gasteiger partial charge >= 0.3 is 5.97 Å². The van der Waals surface area contributed by atoms with Crippen LogP contribution in [0.15, 0.2) is 12.3 Å². The van der Waals surface area contributed by atoms with Crippen molar-refractivity contribution in [3.63, 3.8) is 0 Å². The van der Waals surface area contributed by atoms with Crippen molar-refractivity contribution in [2.24, 2.45) is 0 Å². The molecule has 0 aliphatic carbocycles. The fourth-order valence-corrected chi connectivity index (χ4v) is 2.62. The molecule has 1 aliphatic rings.